The highest BCUT2D eigenvalue weighted by atomic mass is 32.1. The summed E-state index contributed by atoms with van der Waals surface area (Å²) in [6.45, 7) is 2.42. The highest BCUT2D eigenvalue weighted by molar-refractivity contribution is 7.81. The summed E-state index contributed by atoms with van der Waals surface area (Å²) < 4.78 is 4.86. The molecule has 0 fully saturated rings. The first-order valence-corrected chi connectivity index (χ1v) is 6.67. The molecule has 0 radical (unpaired) electrons. The molecule has 2 rings (SSSR count). The minimum atomic E-state index is -0.290. The van der Waals surface area contributed by atoms with Crippen LogP contribution in [0, 0.1) is 6.92 Å². The second kappa shape index (κ2) is 9.22. The molecule has 0 aromatic heterocycles. The van der Waals surface area contributed by atoms with Gasteiger partial charge in [0, 0.05) is 0 Å². The normalized spacial score (nSPS) is 9.16. The van der Waals surface area contributed by atoms with E-state index in [0.29, 0.717) is 6.61 Å². The molecule has 100 valence electrons. The molecule has 0 spiro atoms. The predicted molar refractivity (Wildman–Crippen MR) is 81.3 cm³/mol. The fourth-order valence-electron chi connectivity index (χ4n) is 1.32. The fourth-order valence-corrected chi connectivity index (χ4v) is 1.41. The number of ether oxygens (including phenoxy) is 1. The van der Waals surface area contributed by atoms with Crippen molar-refractivity contribution < 1.29 is 9.53 Å². The Morgan fingerprint density at radius 2 is 1.53 bits per heavy atom. The van der Waals surface area contributed by atoms with Gasteiger partial charge in [-0.15, -0.1) is 0 Å². The maximum atomic E-state index is 10.7. The van der Waals surface area contributed by atoms with Crippen molar-refractivity contribution in [3.8, 4) is 0 Å². The van der Waals surface area contributed by atoms with Crippen LogP contribution >= 0.6 is 12.6 Å². The van der Waals surface area contributed by atoms with Crippen LogP contribution in [0.2, 0.25) is 0 Å². The molecule has 19 heavy (non-hydrogen) atoms. The summed E-state index contributed by atoms with van der Waals surface area (Å²) in [6.07, 6.45) is 0. The van der Waals surface area contributed by atoms with Crippen LogP contribution in [-0.2, 0) is 16.1 Å². The molecule has 0 unspecified atom stereocenters. The van der Waals surface area contributed by atoms with Crippen LogP contribution < -0.4 is 0 Å². The van der Waals surface area contributed by atoms with E-state index in [1.165, 1.54) is 5.56 Å². The van der Waals surface area contributed by atoms with Crippen LogP contribution in [0.5, 0.6) is 0 Å². The number of aryl methyl sites for hydroxylation is 1. The van der Waals surface area contributed by atoms with Gasteiger partial charge in [0.15, 0.2) is 0 Å². The van der Waals surface area contributed by atoms with Gasteiger partial charge in [-0.05, 0) is 12.5 Å². The van der Waals surface area contributed by atoms with Crippen molar-refractivity contribution in [2.45, 2.75) is 13.5 Å². The van der Waals surface area contributed by atoms with Crippen LogP contribution in [0.1, 0.15) is 11.1 Å². The van der Waals surface area contributed by atoms with E-state index < -0.39 is 0 Å². The number of hydrogen-bond acceptors (Lipinski definition) is 3. The Balaban J connectivity index is 0.000000218. The Morgan fingerprint density at radius 1 is 1.00 bits per heavy atom. The third kappa shape index (κ3) is 7.32. The lowest BCUT2D eigenvalue weighted by Crippen LogP contribution is -2.05. The average Bonchev–Trinajstić information content (AvgIpc) is 2.47. The summed E-state index contributed by atoms with van der Waals surface area (Å²) in [4.78, 5) is 10.7. The van der Waals surface area contributed by atoms with E-state index in [0.717, 1.165) is 5.56 Å². The van der Waals surface area contributed by atoms with E-state index in [1.807, 2.05) is 48.5 Å². The Morgan fingerprint density at radius 3 is 1.95 bits per heavy atom. The van der Waals surface area contributed by atoms with E-state index in [4.69, 9.17) is 4.74 Å². The smallest absolute Gasteiger partial charge is 0.315 e. The molecule has 0 aliphatic carbocycles. The number of rotatable bonds is 3. The van der Waals surface area contributed by atoms with Gasteiger partial charge in [-0.25, -0.2) is 0 Å². The highest BCUT2D eigenvalue weighted by Gasteiger charge is 1.98. The lowest BCUT2D eigenvalue weighted by atomic mass is 10.2. The average molecular weight is 274 g/mol. The van der Waals surface area contributed by atoms with Crippen LogP contribution in [0.25, 0.3) is 0 Å². The maximum Gasteiger partial charge on any atom is 0.315 e. The zero-order valence-electron chi connectivity index (χ0n) is 11.0. The SMILES string of the molecule is Cc1ccccc1.O=C(CS)OCc1ccccc1. The van der Waals surface area contributed by atoms with Crippen molar-refractivity contribution >= 4 is 18.6 Å². The molecule has 2 aromatic rings. The van der Waals surface area contributed by atoms with Gasteiger partial charge >= 0.3 is 5.97 Å². The van der Waals surface area contributed by atoms with Crippen molar-refractivity contribution in [1.29, 1.82) is 0 Å². The van der Waals surface area contributed by atoms with Gasteiger partial charge in [-0.3, -0.25) is 4.79 Å². The molecule has 0 aliphatic heterocycles. The van der Waals surface area contributed by atoms with E-state index in [9.17, 15) is 4.79 Å². The second-order valence-corrected chi connectivity index (χ2v) is 4.28. The largest absolute Gasteiger partial charge is 0.460 e. The number of carbonyl (C=O) groups excluding carboxylic acids is 1. The van der Waals surface area contributed by atoms with Gasteiger partial charge in [-0.1, -0.05) is 66.2 Å². The Bertz CT molecular complexity index is 469. The Kier molecular flexibility index (Phi) is 7.44. The first-order valence-electron chi connectivity index (χ1n) is 6.04. The predicted octanol–water partition coefficient (Wildman–Crippen LogP) is 3.65. The number of carbonyl (C=O) groups is 1. The van der Waals surface area contributed by atoms with Gasteiger partial charge in [0.25, 0.3) is 0 Å². The van der Waals surface area contributed by atoms with Crippen molar-refractivity contribution in [2.24, 2.45) is 0 Å². The second-order valence-electron chi connectivity index (χ2n) is 3.96. The van der Waals surface area contributed by atoms with Gasteiger partial charge in [-0.2, -0.15) is 12.6 Å². The monoisotopic (exact) mass is 274 g/mol. The molecule has 0 atom stereocenters. The summed E-state index contributed by atoms with van der Waals surface area (Å²) in [5.74, 6) is -0.158. The molecule has 0 bridgehead atoms. The summed E-state index contributed by atoms with van der Waals surface area (Å²) in [5, 5.41) is 0. The van der Waals surface area contributed by atoms with Gasteiger partial charge in [0.1, 0.15) is 6.61 Å². The first kappa shape index (κ1) is 15.3. The van der Waals surface area contributed by atoms with Crippen LogP contribution in [0.3, 0.4) is 0 Å². The van der Waals surface area contributed by atoms with Crippen molar-refractivity contribution in [3.05, 3.63) is 71.8 Å². The molecular weight excluding hydrogens is 256 g/mol. The first-order chi connectivity index (χ1) is 9.22. The van der Waals surface area contributed by atoms with Gasteiger partial charge in [0.05, 0.1) is 5.75 Å². The minimum absolute atomic E-state index is 0.132. The van der Waals surface area contributed by atoms with Crippen LogP contribution in [-0.4, -0.2) is 11.7 Å². The van der Waals surface area contributed by atoms with Crippen LogP contribution in [0.4, 0.5) is 0 Å². The topological polar surface area (TPSA) is 26.3 Å². The third-order valence-electron chi connectivity index (χ3n) is 2.31. The molecular formula is C16H18O2S. The van der Waals surface area contributed by atoms with E-state index in [2.05, 4.69) is 31.7 Å². The van der Waals surface area contributed by atoms with Crippen molar-refractivity contribution in [2.75, 3.05) is 5.75 Å². The molecule has 0 N–H and O–H groups in total. The molecule has 2 aromatic carbocycles. The lowest BCUT2D eigenvalue weighted by molar-refractivity contribution is -0.141. The molecule has 0 saturated heterocycles. The van der Waals surface area contributed by atoms with Gasteiger partial charge in [0.2, 0.25) is 0 Å². The molecule has 0 heterocycles. The summed E-state index contributed by atoms with van der Waals surface area (Å²) in [6, 6.07) is 19.8. The Hall–Kier alpha value is -1.74. The molecule has 2 nitrogen and oxygen atoms in total. The van der Waals surface area contributed by atoms with Crippen molar-refractivity contribution in [3.63, 3.8) is 0 Å². The summed E-state index contributed by atoms with van der Waals surface area (Å²) in [5.41, 5.74) is 2.31. The zero-order chi connectivity index (χ0) is 13.9. The van der Waals surface area contributed by atoms with E-state index >= 15 is 0 Å². The van der Waals surface area contributed by atoms with E-state index in [-0.39, 0.29) is 11.7 Å². The molecule has 0 amide bonds. The number of esters is 1. The van der Waals surface area contributed by atoms with Crippen LogP contribution in [0.15, 0.2) is 60.7 Å². The fraction of sp³-hybridized carbons (Fsp3) is 0.188. The zero-order valence-corrected chi connectivity index (χ0v) is 11.8. The molecule has 0 saturated carbocycles. The summed E-state index contributed by atoms with van der Waals surface area (Å²) in [7, 11) is 0. The quantitative estimate of drug-likeness (QED) is 0.683. The summed E-state index contributed by atoms with van der Waals surface area (Å²) >= 11 is 3.79. The standard InChI is InChI=1S/C9H10O2S.C7H8/c10-9(7-12)11-6-8-4-2-1-3-5-8;1-7-5-3-2-4-6-7/h1-5,12H,6-7H2;2-6H,1H3. The maximum absolute atomic E-state index is 10.7. The Labute approximate surface area is 119 Å². The van der Waals surface area contributed by atoms with Gasteiger partial charge < -0.3 is 4.74 Å². The lowest BCUT2D eigenvalue weighted by Gasteiger charge is -2.01. The molecule has 3 heteroatoms. The highest BCUT2D eigenvalue weighted by Crippen LogP contribution is 2.00. The third-order valence-corrected chi connectivity index (χ3v) is 2.57. The number of thiol groups is 1. The van der Waals surface area contributed by atoms with E-state index in [1.54, 1.807) is 0 Å². The number of benzene rings is 2. The van der Waals surface area contributed by atoms with Crippen molar-refractivity contribution in [1.82, 2.24) is 0 Å². The minimum Gasteiger partial charge on any atom is -0.460 e. The molecule has 0 aliphatic rings. The number of hydrogen-bond donors (Lipinski definition) is 1.